The second-order valence-corrected chi connectivity index (χ2v) is 6.10. The van der Waals surface area contributed by atoms with Crippen LogP contribution in [-0.2, 0) is 0 Å². The van der Waals surface area contributed by atoms with Gasteiger partial charge < -0.3 is 10.1 Å². The monoisotopic (exact) mass is 359 g/mol. The van der Waals surface area contributed by atoms with E-state index < -0.39 is 0 Å². The van der Waals surface area contributed by atoms with Gasteiger partial charge in [0.15, 0.2) is 0 Å². The van der Waals surface area contributed by atoms with Crippen LogP contribution in [0.15, 0.2) is 35.7 Å². The van der Waals surface area contributed by atoms with Crippen LogP contribution in [-0.4, -0.2) is 13.0 Å². The highest BCUT2D eigenvalue weighted by Crippen LogP contribution is 2.24. The SMILES string of the molecule is COc1ccccc1NC(=O)c1csc(I)c1. The zero-order chi connectivity index (χ0) is 12.3. The standard InChI is InChI=1S/C12H10INO2S/c1-16-10-5-3-2-4-9(10)14-12(15)8-6-11(13)17-7-8/h2-7H,1H3,(H,14,15). The zero-order valence-corrected chi connectivity index (χ0v) is 12.0. The van der Waals surface area contributed by atoms with Gasteiger partial charge in [0, 0.05) is 5.38 Å². The molecule has 0 aliphatic heterocycles. The first-order valence-corrected chi connectivity index (χ1v) is 6.85. The summed E-state index contributed by atoms with van der Waals surface area (Å²) in [4.78, 5) is 11.9. The van der Waals surface area contributed by atoms with Crippen molar-refractivity contribution >= 4 is 45.5 Å². The van der Waals surface area contributed by atoms with Crippen LogP contribution in [0.5, 0.6) is 5.75 Å². The first-order valence-electron chi connectivity index (χ1n) is 4.89. The summed E-state index contributed by atoms with van der Waals surface area (Å²) in [6.45, 7) is 0. The Kier molecular flexibility index (Phi) is 4.01. The molecule has 0 fully saturated rings. The van der Waals surface area contributed by atoms with Crippen molar-refractivity contribution in [2.24, 2.45) is 0 Å². The van der Waals surface area contributed by atoms with Crippen LogP contribution in [0.2, 0.25) is 0 Å². The third kappa shape index (κ3) is 2.98. The van der Waals surface area contributed by atoms with Gasteiger partial charge in [0.1, 0.15) is 5.75 Å². The minimum Gasteiger partial charge on any atom is -0.495 e. The van der Waals surface area contributed by atoms with Crippen LogP contribution in [0.3, 0.4) is 0 Å². The van der Waals surface area contributed by atoms with E-state index >= 15 is 0 Å². The first-order chi connectivity index (χ1) is 8.20. The number of amides is 1. The molecule has 1 aromatic heterocycles. The maximum absolute atomic E-state index is 11.9. The molecule has 0 aliphatic carbocycles. The molecular formula is C12H10INO2S. The summed E-state index contributed by atoms with van der Waals surface area (Å²) in [5.74, 6) is 0.541. The van der Waals surface area contributed by atoms with E-state index in [9.17, 15) is 4.79 Å². The van der Waals surface area contributed by atoms with Gasteiger partial charge in [-0.2, -0.15) is 0 Å². The van der Waals surface area contributed by atoms with Gasteiger partial charge in [0.25, 0.3) is 5.91 Å². The number of benzene rings is 1. The molecule has 17 heavy (non-hydrogen) atoms. The van der Waals surface area contributed by atoms with Gasteiger partial charge in [-0.1, -0.05) is 12.1 Å². The molecule has 1 heterocycles. The second-order valence-electron chi connectivity index (χ2n) is 3.29. The Balaban J connectivity index is 2.18. The molecule has 88 valence electrons. The number of carbonyl (C=O) groups excluding carboxylic acids is 1. The lowest BCUT2D eigenvalue weighted by Crippen LogP contribution is -2.11. The van der Waals surface area contributed by atoms with Crippen molar-refractivity contribution in [1.29, 1.82) is 0 Å². The van der Waals surface area contributed by atoms with Crippen molar-refractivity contribution in [3.63, 3.8) is 0 Å². The van der Waals surface area contributed by atoms with Crippen LogP contribution in [0.1, 0.15) is 10.4 Å². The minimum absolute atomic E-state index is 0.117. The highest BCUT2D eigenvalue weighted by atomic mass is 127. The molecule has 0 atom stereocenters. The van der Waals surface area contributed by atoms with E-state index in [1.807, 2.05) is 35.7 Å². The Hall–Kier alpha value is -1.08. The molecular weight excluding hydrogens is 349 g/mol. The van der Waals surface area contributed by atoms with Crippen molar-refractivity contribution < 1.29 is 9.53 Å². The molecule has 1 amide bonds. The third-order valence-corrected chi connectivity index (χ3v) is 3.97. The predicted molar refractivity (Wildman–Crippen MR) is 78.0 cm³/mol. The van der Waals surface area contributed by atoms with Gasteiger partial charge in [-0.25, -0.2) is 0 Å². The summed E-state index contributed by atoms with van der Waals surface area (Å²) in [7, 11) is 1.58. The number of ether oxygens (including phenoxy) is 1. The Morgan fingerprint density at radius 2 is 2.18 bits per heavy atom. The number of nitrogens with one attached hydrogen (secondary N) is 1. The number of carbonyl (C=O) groups is 1. The quantitative estimate of drug-likeness (QED) is 0.851. The number of rotatable bonds is 3. The summed E-state index contributed by atoms with van der Waals surface area (Å²) < 4.78 is 6.26. The average Bonchev–Trinajstić information content (AvgIpc) is 2.77. The zero-order valence-electron chi connectivity index (χ0n) is 9.07. The fourth-order valence-electron chi connectivity index (χ4n) is 1.37. The number of anilines is 1. The number of hydrogen-bond acceptors (Lipinski definition) is 3. The molecule has 3 nitrogen and oxygen atoms in total. The average molecular weight is 359 g/mol. The molecule has 0 bridgehead atoms. The van der Waals surface area contributed by atoms with Gasteiger partial charge in [0.05, 0.1) is 21.2 Å². The lowest BCUT2D eigenvalue weighted by molar-refractivity contribution is 0.102. The van der Waals surface area contributed by atoms with E-state index in [0.717, 1.165) is 2.88 Å². The van der Waals surface area contributed by atoms with Gasteiger partial charge in [0.2, 0.25) is 0 Å². The number of methoxy groups -OCH3 is 1. The van der Waals surface area contributed by atoms with Gasteiger partial charge in [-0.05, 0) is 40.8 Å². The Bertz CT molecular complexity index is 539. The van der Waals surface area contributed by atoms with Gasteiger partial charge in [-0.15, -0.1) is 11.3 Å². The number of hydrogen-bond donors (Lipinski definition) is 1. The number of halogens is 1. The summed E-state index contributed by atoms with van der Waals surface area (Å²) in [6, 6.07) is 9.20. The van der Waals surface area contributed by atoms with E-state index in [1.54, 1.807) is 18.4 Å². The van der Waals surface area contributed by atoms with Crippen LogP contribution in [0, 0.1) is 2.88 Å². The van der Waals surface area contributed by atoms with Crippen LogP contribution >= 0.6 is 33.9 Å². The smallest absolute Gasteiger partial charge is 0.256 e. The van der Waals surface area contributed by atoms with E-state index in [4.69, 9.17) is 4.74 Å². The highest BCUT2D eigenvalue weighted by molar-refractivity contribution is 14.1. The lowest BCUT2D eigenvalue weighted by Gasteiger charge is -2.08. The third-order valence-electron chi connectivity index (χ3n) is 2.18. The molecule has 0 unspecified atom stereocenters. The van der Waals surface area contributed by atoms with Crippen LogP contribution in [0.25, 0.3) is 0 Å². The Labute approximate surface area is 117 Å². The summed E-state index contributed by atoms with van der Waals surface area (Å²) in [5.41, 5.74) is 1.35. The maximum atomic E-state index is 11.9. The normalized spacial score (nSPS) is 10.0. The summed E-state index contributed by atoms with van der Waals surface area (Å²) in [6.07, 6.45) is 0. The topological polar surface area (TPSA) is 38.3 Å². The van der Waals surface area contributed by atoms with E-state index in [2.05, 4.69) is 27.9 Å². The molecule has 0 spiro atoms. The largest absolute Gasteiger partial charge is 0.495 e. The molecule has 0 aliphatic rings. The van der Waals surface area contributed by atoms with Crippen LogP contribution in [0.4, 0.5) is 5.69 Å². The van der Waals surface area contributed by atoms with Gasteiger partial charge >= 0.3 is 0 Å². The van der Waals surface area contributed by atoms with Crippen molar-refractivity contribution in [2.45, 2.75) is 0 Å². The van der Waals surface area contributed by atoms with Crippen molar-refractivity contribution in [3.05, 3.63) is 44.2 Å². The summed E-state index contributed by atoms with van der Waals surface area (Å²) >= 11 is 3.74. The Morgan fingerprint density at radius 3 is 2.82 bits per heavy atom. The van der Waals surface area contributed by atoms with Crippen molar-refractivity contribution in [3.8, 4) is 5.75 Å². The van der Waals surface area contributed by atoms with E-state index in [-0.39, 0.29) is 5.91 Å². The highest BCUT2D eigenvalue weighted by Gasteiger charge is 2.10. The minimum atomic E-state index is -0.117. The van der Waals surface area contributed by atoms with E-state index in [0.29, 0.717) is 17.0 Å². The predicted octanol–water partition coefficient (Wildman–Crippen LogP) is 3.61. The van der Waals surface area contributed by atoms with Crippen molar-refractivity contribution in [1.82, 2.24) is 0 Å². The fraction of sp³-hybridized carbons (Fsp3) is 0.0833. The summed E-state index contributed by atoms with van der Waals surface area (Å²) in [5, 5.41) is 4.67. The lowest BCUT2D eigenvalue weighted by atomic mass is 10.2. The molecule has 1 aromatic carbocycles. The molecule has 2 rings (SSSR count). The molecule has 1 N–H and O–H groups in total. The molecule has 5 heteroatoms. The second kappa shape index (κ2) is 5.50. The molecule has 2 aromatic rings. The first kappa shape index (κ1) is 12.4. The number of para-hydroxylation sites is 2. The molecule has 0 radical (unpaired) electrons. The number of thiophene rings is 1. The van der Waals surface area contributed by atoms with Gasteiger partial charge in [-0.3, -0.25) is 4.79 Å². The van der Waals surface area contributed by atoms with Crippen LogP contribution < -0.4 is 10.1 Å². The van der Waals surface area contributed by atoms with E-state index in [1.165, 1.54) is 0 Å². The maximum Gasteiger partial charge on any atom is 0.256 e. The molecule has 0 saturated carbocycles. The fourth-order valence-corrected chi connectivity index (χ4v) is 2.70. The van der Waals surface area contributed by atoms with Crippen molar-refractivity contribution in [2.75, 3.05) is 12.4 Å². The Morgan fingerprint density at radius 1 is 1.41 bits per heavy atom. The molecule has 0 saturated heterocycles.